The number of rotatable bonds is 6. The Balaban J connectivity index is 0.00000200. The highest BCUT2D eigenvalue weighted by Crippen LogP contribution is 2.00. The van der Waals surface area contributed by atoms with E-state index in [2.05, 4.69) is 43.3 Å². The van der Waals surface area contributed by atoms with Gasteiger partial charge < -0.3 is 10.4 Å². The van der Waals surface area contributed by atoms with E-state index in [0.717, 1.165) is 6.42 Å². The van der Waals surface area contributed by atoms with Crippen LogP contribution in [0.3, 0.4) is 0 Å². The fourth-order valence-electron chi connectivity index (χ4n) is 2.13. The van der Waals surface area contributed by atoms with Crippen LogP contribution in [-0.4, -0.2) is 20.1 Å². The van der Waals surface area contributed by atoms with Crippen LogP contribution in [0.25, 0.3) is 0 Å². The average Bonchev–Trinajstić information content (AvgIpc) is 2.49. The first kappa shape index (κ1) is 16.5. The van der Waals surface area contributed by atoms with Gasteiger partial charge in [0.2, 0.25) is 0 Å². The van der Waals surface area contributed by atoms with E-state index in [1.165, 1.54) is 16.5 Å². The molecule has 0 bridgehead atoms. The molecule has 0 heterocycles. The highest BCUT2D eigenvalue weighted by Gasteiger charge is 2.20. The summed E-state index contributed by atoms with van der Waals surface area (Å²) in [7, 11) is 0. The number of aryl methyl sites for hydroxylation is 1. The molecule has 2 nitrogen and oxygen atoms in total. The molecule has 2 aromatic rings. The molecule has 106 valence electrons. The third kappa shape index (κ3) is 4.22. The second kappa shape index (κ2) is 8.57. The van der Waals surface area contributed by atoms with Crippen LogP contribution >= 0.6 is 0 Å². The van der Waals surface area contributed by atoms with E-state index in [1.807, 2.05) is 18.2 Å². The molecule has 0 saturated heterocycles. The van der Waals surface area contributed by atoms with E-state index in [9.17, 15) is 0 Å². The molecular formula is C17H24BNO. The maximum absolute atomic E-state index is 5.91. The summed E-state index contributed by atoms with van der Waals surface area (Å²) in [6.45, 7) is 3.23. The van der Waals surface area contributed by atoms with Gasteiger partial charge in [-0.1, -0.05) is 68.9 Å². The van der Waals surface area contributed by atoms with Gasteiger partial charge in [0.15, 0.2) is 0 Å². The minimum atomic E-state index is -0.0318. The zero-order valence-electron chi connectivity index (χ0n) is 11.4. The van der Waals surface area contributed by atoms with Crippen molar-refractivity contribution < 1.29 is 4.65 Å². The van der Waals surface area contributed by atoms with E-state index in [1.54, 1.807) is 0 Å². The third-order valence-electron chi connectivity index (χ3n) is 3.20. The lowest BCUT2D eigenvalue weighted by molar-refractivity contribution is 0.344. The molecular weight excluding hydrogens is 245 g/mol. The number of hydrogen-bond donors (Lipinski definition) is 1. The zero-order chi connectivity index (χ0) is 13.5. The van der Waals surface area contributed by atoms with E-state index >= 15 is 0 Å². The van der Waals surface area contributed by atoms with Gasteiger partial charge in [0.05, 0.1) is 0 Å². The van der Waals surface area contributed by atoms with Gasteiger partial charge in [0.1, 0.15) is 0 Å². The Morgan fingerprint density at radius 3 is 2.10 bits per heavy atom. The molecule has 0 aliphatic heterocycles. The Morgan fingerprint density at radius 1 is 0.950 bits per heavy atom. The molecule has 2 N–H and O–H groups in total. The van der Waals surface area contributed by atoms with E-state index in [0.29, 0.717) is 13.2 Å². The van der Waals surface area contributed by atoms with Gasteiger partial charge in [-0.2, -0.15) is 0 Å². The molecule has 2 rings (SSSR count). The van der Waals surface area contributed by atoms with Crippen molar-refractivity contribution in [2.24, 2.45) is 5.73 Å². The number of benzene rings is 2. The summed E-state index contributed by atoms with van der Waals surface area (Å²) < 4.78 is 5.91. The smallest absolute Gasteiger partial charge is 0.361 e. The molecule has 0 radical (unpaired) electrons. The summed E-state index contributed by atoms with van der Waals surface area (Å²) in [5.41, 5.74) is 9.24. The van der Waals surface area contributed by atoms with Crippen molar-refractivity contribution >= 4 is 17.8 Å². The van der Waals surface area contributed by atoms with E-state index < -0.39 is 0 Å². The van der Waals surface area contributed by atoms with Crippen LogP contribution in [0, 0.1) is 0 Å². The van der Waals surface area contributed by atoms with Crippen molar-refractivity contribution in [2.45, 2.75) is 20.8 Å². The van der Waals surface area contributed by atoms with Gasteiger partial charge in [-0.25, -0.2) is 0 Å². The summed E-state index contributed by atoms with van der Waals surface area (Å²) in [4.78, 5) is 0. The summed E-state index contributed by atoms with van der Waals surface area (Å²) >= 11 is 0. The topological polar surface area (TPSA) is 35.2 Å². The lowest BCUT2D eigenvalue weighted by atomic mass is 9.55. The molecule has 0 fully saturated rings. The average molecular weight is 269 g/mol. The van der Waals surface area contributed by atoms with Crippen molar-refractivity contribution in [3.63, 3.8) is 0 Å². The molecule has 0 aromatic heterocycles. The van der Waals surface area contributed by atoms with Crippen LogP contribution in [0.2, 0.25) is 0 Å². The Hall–Kier alpha value is -1.58. The zero-order valence-corrected chi connectivity index (χ0v) is 11.4. The molecule has 3 heteroatoms. The predicted octanol–water partition coefficient (Wildman–Crippen LogP) is 1.97. The number of hydrogen-bond acceptors (Lipinski definition) is 2. The highest BCUT2D eigenvalue weighted by molar-refractivity contribution is 6.80. The molecule has 0 aliphatic rings. The fraction of sp³-hybridized carbons (Fsp3) is 0.294. The van der Waals surface area contributed by atoms with Gasteiger partial charge >= 0.3 is 6.92 Å². The molecule has 0 amide bonds. The Morgan fingerprint density at radius 2 is 1.55 bits per heavy atom. The third-order valence-corrected chi connectivity index (χ3v) is 3.20. The van der Waals surface area contributed by atoms with Gasteiger partial charge in [-0.15, -0.1) is 0 Å². The van der Waals surface area contributed by atoms with Crippen LogP contribution in [0.5, 0.6) is 0 Å². The van der Waals surface area contributed by atoms with Gasteiger partial charge in [-0.05, 0) is 22.9 Å². The van der Waals surface area contributed by atoms with Gasteiger partial charge in [0, 0.05) is 13.2 Å². The van der Waals surface area contributed by atoms with Gasteiger partial charge in [-0.3, -0.25) is 0 Å². The largest absolute Gasteiger partial charge is 0.426 e. The lowest BCUT2D eigenvalue weighted by Crippen LogP contribution is -2.45. The molecule has 0 atom stereocenters. The molecule has 0 unspecified atom stereocenters. The fourth-order valence-corrected chi connectivity index (χ4v) is 2.13. The monoisotopic (exact) mass is 269 g/mol. The van der Waals surface area contributed by atoms with Crippen molar-refractivity contribution in [1.82, 2.24) is 0 Å². The standard InChI is InChI=1S/C16H20BNO.CH4/c1-2-14-8-10-16(11-9-14)17(19-13-12-18)15-6-4-3-5-7-15;/h3-11H,2,12-13,18H2,1H3;1H4. The Kier molecular flexibility index (Phi) is 7.06. The van der Waals surface area contributed by atoms with E-state index in [4.69, 9.17) is 10.4 Å². The molecule has 2 aromatic carbocycles. The summed E-state index contributed by atoms with van der Waals surface area (Å²) in [6, 6.07) is 18.9. The lowest BCUT2D eigenvalue weighted by Gasteiger charge is -2.15. The Labute approximate surface area is 123 Å². The second-order valence-electron chi connectivity index (χ2n) is 4.55. The van der Waals surface area contributed by atoms with Crippen LogP contribution in [-0.2, 0) is 11.1 Å². The normalized spacial score (nSPS) is 9.90. The van der Waals surface area contributed by atoms with Crippen molar-refractivity contribution in [3.05, 3.63) is 60.2 Å². The molecule has 0 spiro atoms. The maximum atomic E-state index is 5.91. The molecule has 0 aliphatic carbocycles. The summed E-state index contributed by atoms with van der Waals surface area (Å²) in [5.74, 6) is 0. The summed E-state index contributed by atoms with van der Waals surface area (Å²) in [5, 5.41) is 0. The second-order valence-corrected chi connectivity index (χ2v) is 4.55. The van der Waals surface area contributed by atoms with Gasteiger partial charge in [0.25, 0.3) is 0 Å². The Bertz CT molecular complexity index is 484. The summed E-state index contributed by atoms with van der Waals surface area (Å²) in [6.07, 6.45) is 1.06. The predicted molar refractivity (Wildman–Crippen MR) is 89.0 cm³/mol. The first-order valence-corrected chi connectivity index (χ1v) is 6.80. The molecule has 0 saturated carbocycles. The van der Waals surface area contributed by atoms with Crippen molar-refractivity contribution in [3.8, 4) is 0 Å². The minimum Gasteiger partial charge on any atom is -0.426 e. The van der Waals surface area contributed by atoms with Crippen LogP contribution in [0.4, 0.5) is 0 Å². The first-order valence-electron chi connectivity index (χ1n) is 6.80. The maximum Gasteiger partial charge on any atom is 0.361 e. The minimum absolute atomic E-state index is 0. The first-order chi connectivity index (χ1) is 9.35. The van der Waals surface area contributed by atoms with Crippen LogP contribution in [0.15, 0.2) is 54.6 Å². The van der Waals surface area contributed by atoms with Crippen molar-refractivity contribution in [2.75, 3.05) is 13.2 Å². The SMILES string of the molecule is C.CCc1ccc(B(OCCN)c2ccccc2)cc1. The van der Waals surface area contributed by atoms with Crippen LogP contribution < -0.4 is 16.7 Å². The van der Waals surface area contributed by atoms with Crippen molar-refractivity contribution in [1.29, 1.82) is 0 Å². The van der Waals surface area contributed by atoms with E-state index in [-0.39, 0.29) is 14.3 Å². The quantitative estimate of drug-likeness (QED) is 0.814. The molecule has 20 heavy (non-hydrogen) atoms. The highest BCUT2D eigenvalue weighted by atomic mass is 16.4. The van der Waals surface area contributed by atoms with Crippen LogP contribution in [0.1, 0.15) is 19.9 Å². The number of nitrogens with two attached hydrogens (primary N) is 1.